The Balaban J connectivity index is 1.66. The molecule has 0 saturated heterocycles. The SMILES string of the molecule is COc1cc(NC(=O)C(C)(C)C)ccc1NCCC12CCC(CC1=O)C2(C)C. The van der Waals surface area contributed by atoms with Crippen LogP contribution in [0.25, 0.3) is 0 Å². The number of Topliss-reactive ketones (excluding diaryl/α,β-unsaturated/α-hetero) is 1. The molecule has 2 bridgehead atoms. The normalized spacial score (nSPS) is 25.6. The Morgan fingerprint density at radius 2 is 2.00 bits per heavy atom. The number of amides is 1. The van der Waals surface area contributed by atoms with Crippen LogP contribution >= 0.6 is 0 Å². The highest BCUT2D eigenvalue weighted by Crippen LogP contribution is 2.65. The van der Waals surface area contributed by atoms with Crippen molar-refractivity contribution in [2.75, 3.05) is 24.3 Å². The summed E-state index contributed by atoms with van der Waals surface area (Å²) in [6.07, 6.45) is 3.78. The number of hydrogen-bond donors (Lipinski definition) is 2. The molecule has 2 fully saturated rings. The first-order chi connectivity index (χ1) is 13.0. The van der Waals surface area contributed by atoms with Gasteiger partial charge in [0.25, 0.3) is 0 Å². The van der Waals surface area contributed by atoms with Crippen molar-refractivity contribution in [3.8, 4) is 5.75 Å². The van der Waals surface area contributed by atoms with Crippen LogP contribution in [-0.2, 0) is 9.59 Å². The second kappa shape index (κ2) is 7.09. The van der Waals surface area contributed by atoms with Crippen molar-refractivity contribution in [1.82, 2.24) is 0 Å². The average molecular weight is 387 g/mol. The van der Waals surface area contributed by atoms with Crippen molar-refractivity contribution in [2.45, 2.75) is 60.3 Å². The zero-order chi connectivity index (χ0) is 20.7. The molecule has 28 heavy (non-hydrogen) atoms. The highest BCUT2D eigenvalue weighted by Gasteiger charge is 2.63. The van der Waals surface area contributed by atoms with Crippen molar-refractivity contribution in [1.29, 1.82) is 0 Å². The molecule has 0 aromatic heterocycles. The van der Waals surface area contributed by atoms with E-state index in [1.807, 2.05) is 39.0 Å². The van der Waals surface area contributed by atoms with E-state index in [1.54, 1.807) is 7.11 Å². The van der Waals surface area contributed by atoms with Crippen molar-refractivity contribution in [2.24, 2.45) is 22.2 Å². The minimum atomic E-state index is -0.455. The van der Waals surface area contributed by atoms with Gasteiger partial charge in [-0.2, -0.15) is 0 Å². The van der Waals surface area contributed by atoms with Gasteiger partial charge in [0.2, 0.25) is 5.91 Å². The number of hydrogen-bond acceptors (Lipinski definition) is 4. The molecule has 0 aliphatic heterocycles. The Bertz CT molecular complexity index is 779. The number of anilines is 2. The maximum Gasteiger partial charge on any atom is 0.229 e. The molecule has 5 heteroatoms. The molecule has 1 aromatic rings. The highest BCUT2D eigenvalue weighted by atomic mass is 16.5. The molecule has 1 amide bonds. The van der Waals surface area contributed by atoms with Crippen LogP contribution < -0.4 is 15.4 Å². The predicted molar refractivity (Wildman–Crippen MR) is 113 cm³/mol. The van der Waals surface area contributed by atoms with E-state index in [1.165, 1.54) is 6.42 Å². The molecular formula is C23H34N2O3. The van der Waals surface area contributed by atoms with Gasteiger partial charge in [-0.1, -0.05) is 34.6 Å². The summed E-state index contributed by atoms with van der Waals surface area (Å²) in [6, 6.07) is 5.64. The van der Waals surface area contributed by atoms with Crippen LogP contribution in [0.4, 0.5) is 11.4 Å². The molecule has 2 saturated carbocycles. The Morgan fingerprint density at radius 3 is 2.54 bits per heavy atom. The summed E-state index contributed by atoms with van der Waals surface area (Å²) in [6.45, 7) is 10.9. The van der Waals surface area contributed by atoms with Crippen molar-refractivity contribution in [3.05, 3.63) is 18.2 Å². The van der Waals surface area contributed by atoms with E-state index in [-0.39, 0.29) is 16.7 Å². The quantitative estimate of drug-likeness (QED) is 0.731. The van der Waals surface area contributed by atoms with E-state index in [0.717, 1.165) is 31.5 Å². The smallest absolute Gasteiger partial charge is 0.229 e. The number of carbonyl (C=O) groups excluding carboxylic acids is 2. The van der Waals surface area contributed by atoms with Gasteiger partial charge in [0.15, 0.2) is 0 Å². The molecule has 0 spiro atoms. The van der Waals surface area contributed by atoms with Gasteiger partial charge in [0.1, 0.15) is 11.5 Å². The zero-order valence-electron chi connectivity index (χ0n) is 18.1. The lowest BCUT2D eigenvalue weighted by Crippen LogP contribution is -2.37. The fraction of sp³-hybridized carbons (Fsp3) is 0.652. The molecular weight excluding hydrogens is 352 g/mol. The Kier molecular flexibility index (Phi) is 5.24. The van der Waals surface area contributed by atoms with Crippen molar-refractivity contribution < 1.29 is 14.3 Å². The maximum absolute atomic E-state index is 12.7. The van der Waals surface area contributed by atoms with Crippen LogP contribution in [0.2, 0.25) is 0 Å². The number of fused-ring (bicyclic) bond motifs is 2. The molecule has 5 nitrogen and oxygen atoms in total. The fourth-order valence-corrected chi connectivity index (χ4v) is 5.00. The van der Waals surface area contributed by atoms with Crippen LogP contribution in [-0.4, -0.2) is 25.3 Å². The Morgan fingerprint density at radius 1 is 1.29 bits per heavy atom. The van der Waals surface area contributed by atoms with Gasteiger partial charge >= 0.3 is 0 Å². The third-order valence-corrected chi connectivity index (χ3v) is 7.15. The molecule has 1 aromatic carbocycles. The monoisotopic (exact) mass is 386 g/mol. The van der Waals surface area contributed by atoms with Gasteiger partial charge in [0, 0.05) is 35.5 Å². The standard InChI is InChI=1S/C23H34N2O3/c1-21(2,3)20(27)25-16-7-8-17(18(14-16)28-6)24-12-11-23-10-9-15(13-19(23)26)22(23,4)5/h7-8,14-15,24H,9-13H2,1-6H3,(H,25,27). The number of nitrogens with one attached hydrogen (secondary N) is 2. The summed E-state index contributed by atoms with van der Waals surface area (Å²) in [5.74, 6) is 1.64. The maximum atomic E-state index is 12.7. The average Bonchev–Trinajstić information content (AvgIpc) is 2.96. The third-order valence-electron chi connectivity index (χ3n) is 7.15. The largest absolute Gasteiger partial charge is 0.495 e. The van der Waals surface area contributed by atoms with E-state index in [0.29, 0.717) is 23.1 Å². The Labute approximate surface area is 168 Å². The summed E-state index contributed by atoms with van der Waals surface area (Å²) < 4.78 is 5.52. The van der Waals surface area contributed by atoms with Crippen LogP contribution in [0.1, 0.15) is 60.3 Å². The van der Waals surface area contributed by atoms with Gasteiger partial charge < -0.3 is 15.4 Å². The predicted octanol–water partition coefficient (Wildman–Crippen LogP) is 4.88. The van der Waals surface area contributed by atoms with E-state index < -0.39 is 5.41 Å². The second-order valence-electron chi connectivity index (χ2n) is 9.96. The first-order valence-corrected chi connectivity index (χ1v) is 10.3. The fourth-order valence-electron chi connectivity index (χ4n) is 5.00. The van der Waals surface area contributed by atoms with E-state index in [9.17, 15) is 9.59 Å². The summed E-state index contributed by atoms with van der Waals surface area (Å²) in [4.78, 5) is 24.9. The highest BCUT2D eigenvalue weighted by molar-refractivity contribution is 5.95. The molecule has 2 atom stereocenters. The topological polar surface area (TPSA) is 67.4 Å². The van der Waals surface area contributed by atoms with E-state index >= 15 is 0 Å². The van der Waals surface area contributed by atoms with E-state index in [4.69, 9.17) is 4.74 Å². The minimum Gasteiger partial charge on any atom is -0.495 e. The van der Waals surface area contributed by atoms with Crippen molar-refractivity contribution >= 4 is 23.1 Å². The van der Waals surface area contributed by atoms with Gasteiger partial charge in [0.05, 0.1) is 12.8 Å². The molecule has 3 rings (SSSR count). The Hall–Kier alpha value is -2.04. The van der Waals surface area contributed by atoms with Gasteiger partial charge in [-0.25, -0.2) is 0 Å². The number of carbonyl (C=O) groups is 2. The van der Waals surface area contributed by atoms with E-state index in [2.05, 4.69) is 24.5 Å². The van der Waals surface area contributed by atoms with Gasteiger partial charge in [-0.15, -0.1) is 0 Å². The van der Waals surface area contributed by atoms with Crippen LogP contribution in [0, 0.1) is 22.2 Å². The molecule has 0 radical (unpaired) electrons. The summed E-state index contributed by atoms with van der Waals surface area (Å²) in [5, 5.41) is 6.38. The first-order valence-electron chi connectivity index (χ1n) is 10.3. The number of benzene rings is 1. The molecule has 2 aliphatic rings. The number of ketones is 1. The van der Waals surface area contributed by atoms with Crippen molar-refractivity contribution in [3.63, 3.8) is 0 Å². The molecule has 2 aliphatic carbocycles. The molecule has 2 unspecified atom stereocenters. The molecule has 0 heterocycles. The first kappa shape index (κ1) is 20.7. The summed E-state index contributed by atoms with van der Waals surface area (Å²) in [7, 11) is 1.62. The molecule has 154 valence electrons. The lowest BCUT2D eigenvalue weighted by Gasteiger charge is -2.36. The zero-order valence-corrected chi connectivity index (χ0v) is 18.1. The van der Waals surface area contributed by atoms with Crippen LogP contribution in [0.5, 0.6) is 5.75 Å². The number of ether oxygens (including phenoxy) is 1. The minimum absolute atomic E-state index is 0.0351. The summed E-state index contributed by atoms with van der Waals surface area (Å²) >= 11 is 0. The lowest BCUT2D eigenvalue weighted by molar-refractivity contribution is -0.129. The lowest BCUT2D eigenvalue weighted by atomic mass is 9.67. The number of rotatable bonds is 6. The summed E-state index contributed by atoms with van der Waals surface area (Å²) in [5.41, 5.74) is 1.05. The van der Waals surface area contributed by atoms with Gasteiger partial charge in [-0.05, 0) is 42.7 Å². The van der Waals surface area contributed by atoms with Gasteiger partial charge in [-0.3, -0.25) is 9.59 Å². The van der Waals surface area contributed by atoms with Crippen LogP contribution in [0.3, 0.4) is 0 Å². The third kappa shape index (κ3) is 3.40. The van der Waals surface area contributed by atoms with Crippen LogP contribution in [0.15, 0.2) is 18.2 Å². The second-order valence-corrected chi connectivity index (χ2v) is 9.96. The number of methoxy groups -OCH3 is 1. The molecule has 2 N–H and O–H groups in total.